The first-order valence-electron chi connectivity index (χ1n) is 6.07. The minimum atomic E-state index is -3.86. The number of hydrogen-bond donors (Lipinski definition) is 2. The second-order valence-corrected chi connectivity index (χ2v) is 7.11. The minimum absolute atomic E-state index is 0.0422. The maximum Gasteiger partial charge on any atom is 0.241 e. The van der Waals surface area contributed by atoms with Crippen LogP contribution in [0.4, 0.5) is 4.39 Å². The lowest BCUT2D eigenvalue weighted by Crippen LogP contribution is -2.46. The first-order valence-corrected chi connectivity index (χ1v) is 7.93. The van der Waals surface area contributed by atoms with Crippen LogP contribution in [-0.2, 0) is 21.3 Å². The summed E-state index contributed by atoms with van der Waals surface area (Å²) >= 11 is 5.72. The van der Waals surface area contributed by atoms with Crippen molar-refractivity contribution in [2.75, 3.05) is 13.2 Å². The molecule has 1 aromatic rings. The highest BCUT2D eigenvalue weighted by molar-refractivity contribution is 7.89. The molecule has 0 spiro atoms. The monoisotopic (exact) mass is 322 g/mol. The van der Waals surface area contributed by atoms with E-state index in [1.165, 1.54) is 6.07 Å². The number of hydrogen-bond acceptors (Lipinski definition) is 4. The fourth-order valence-corrected chi connectivity index (χ4v) is 3.72. The smallest absolute Gasteiger partial charge is 0.241 e. The van der Waals surface area contributed by atoms with E-state index in [1.807, 2.05) is 0 Å². The summed E-state index contributed by atoms with van der Waals surface area (Å²) in [5.74, 6) is -0.803. The van der Waals surface area contributed by atoms with Gasteiger partial charge >= 0.3 is 0 Å². The maximum atomic E-state index is 13.7. The molecular weight excluding hydrogens is 307 g/mol. The summed E-state index contributed by atoms with van der Waals surface area (Å²) in [5.41, 5.74) is 5.00. The van der Waals surface area contributed by atoms with Crippen LogP contribution in [0.25, 0.3) is 0 Å². The molecule has 20 heavy (non-hydrogen) atoms. The molecule has 1 aromatic carbocycles. The van der Waals surface area contributed by atoms with Gasteiger partial charge in [-0.3, -0.25) is 0 Å². The lowest BCUT2D eigenvalue weighted by molar-refractivity contribution is 0.178. The highest BCUT2D eigenvalue weighted by Crippen LogP contribution is 2.26. The van der Waals surface area contributed by atoms with Gasteiger partial charge in [0.15, 0.2) is 0 Å². The Morgan fingerprint density at radius 1 is 1.55 bits per heavy atom. The predicted octanol–water partition coefficient (Wildman–Crippen LogP) is 1.40. The van der Waals surface area contributed by atoms with E-state index in [4.69, 9.17) is 22.1 Å². The summed E-state index contributed by atoms with van der Waals surface area (Å²) in [5, 5.41) is -0.151. The van der Waals surface area contributed by atoms with Crippen LogP contribution in [0, 0.1) is 5.82 Å². The zero-order valence-corrected chi connectivity index (χ0v) is 12.5. The van der Waals surface area contributed by atoms with Gasteiger partial charge in [0, 0.05) is 13.2 Å². The molecule has 1 aliphatic rings. The van der Waals surface area contributed by atoms with Gasteiger partial charge < -0.3 is 10.5 Å². The molecule has 5 nitrogen and oxygen atoms in total. The molecule has 1 fully saturated rings. The number of rotatable bonds is 4. The van der Waals surface area contributed by atoms with Crippen molar-refractivity contribution in [2.45, 2.75) is 30.3 Å². The Morgan fingerprint density at radius 3 is 2.80 bits per heavy atom. The van der Waals surface area contributed by atoms with Crippen molar-refractivity contribution in [3.05, 3.63) is 28.5 Å². The number of halogens is 2. The van der Waals surface area contributed by atoms with Gasteiger partial charge in [0.2, 0.25) is 10.0 Å². The Kier molecular flexibility index (Phi) is 4.36. The molecule has 112 valence electrons. The first kappa shape index (κ1) is 15.7. The fraction of sp³-hybridized carbons (Fsp3) is 0.500. The Morgan fingerprint density at radius 2 is 2.25 bits per heavy atom. The highest BCUT2D eigenvalue weighted by Gasteiger charge is 2.35. The van der Waals surface area contributed by atoms with Crippen molar-refractivity contribution in [2.24, 2.45) is 5.73 Å². The van der Waals surface area contributed by atoms with E-state index in [9.17, 15) is 12.8 Å². The lowest BCUT2D eigenvalue weighted by atomic mass is 10.0. The van der Waals surface area contributed by atoms with Gasteiger partial charge in [0.05, 0.1) is 22.1 Å². The van der Waals surface area contributed by atoms with E-state index in [2.05, 4.69) is 4.72 Å². The number of nitrogens with one attached hydrogen (secondary N) is 1. The molecule has 1 unspecified atom stereocenters. The van der Waals surface area contributed by atoms with E-state index < -0.39 is 21.4 Å². The van der Waals surface area contributed by atoms with Gasteiger partial charge in [0.1, 0.15) is 5.82 Å². The topological polar surface area (TPSA) is 81.4 Å². The molecule has 3 N–H and O–H groups in total. The number of ether oxygens (including phenoxy) is 1. The molecule has 1 saturated heterocycles. The third-order valence-electron chi connectivity index (χ3n) is 3.21. The fourth-order valence-electron chi connectivity index (χ4n) is 2.05. The van der Waals surface area contributed by atoms with Crippen molar-refractivity contribution in [1.29, 1.82) is 0 Å². The van der Waals surface area contributed by atoms with Crippen LogP contribution in [0.5, 0.6) is 0 Å². The van der Waals surface area contributed by atoms with Crippen LogP contribution in [0.2, 0.25) is 5.02 Å². The van der Waals surface area contributed by atoms with Crippen LogP contribution in [0.3, 0.4) is 0 Å². The van der Waals surface area contributed by atoms with Crippen molar-refractivity contribution in [1.82, 2.24) is 4.72 Å². The van der Waals surface area contributed by atoms with Crippen molar-refractivity contribution >= 4 is 21.6 Å². The zero-order chi connectivity index (χ0) is 15.0. The molecule has 1 aliphatic heterocycles. The summed E-state index contributed by atoms with van der Waals surface area (Å²) in [7, 11) is -3.86. The van der Waals surface area contributed by atoms with Crippen LogP contribution < -0.4 is 10.5 Å². The average molecular weight is 323 g/mol. The van der Waals surface area contributed by atoms with Crippen molar-refractivity contribution < 1.29 is 17.5 Å². The maximum absolute atomic E-state index is 13.7. The third-order valence-corrected chi connectivity index (χ3v) is 5.25. The Bertz CT molecular complexity index is 615. The second kappa shape index (κ2) is 5.57. The normalized spacial score (nSPS) is 23.2. The van der Waals surface area contributed by atoms with E-state index in [0.29, 0.717) is 13.0 Å². The molecule has 0 aromatic heterocycles. The minimum Gasteiger partial charge on any atom is -0.379 e. The molecule has 2 rings (SSSR count). The molecule has 1 atom stereocenters. The molecule has 0 aliphatic carbocycles. The van der Waals surface area contributed by atoms with Crippen molar-refractivity contribution in [3.63, 3.8) is 0 Å². The van der Waals surface area contributed by atoms with Gasteiger partial charge in [-0.1, -0.05) is 11.6 Å². The Balaban J connectivity index is 2.37. The average Bonchev–Trinajstić information content (AvgIpc) is 2.77. The molecule has 0 amide bonds. The van der Waals surface area contributed by atoms with Gasteiger partial charge in [-0.15, -0.1) is 0 Å². The first-order chi connectivity index (χ1) is 9.27. The van der Waals surface area contributed by atoms with Gasteiger partial charge in [-0.25, -0.2) is 17.5 Å². The molecule has 0 radical (unpaired) electrons. The second-order valence-electron chi connectivity index (χ2n) is 5.05. The summed E-state index contributed by atoms with van der Waals surface area (Å²) in [6, 6.07) is 2.18. The van der Waals surface area contributed by atoms with Crippen LogP contribution in [0.1, 0.15) is 18.9 Å². The van der Waals surface area contributed by atoms with Gasteiger partial charge in [-0.2, -0.15) is 0 Å². The molecule has 0 bridgehead atoms. The molecule has 1 heterocycles. The largest absolute Gasteiger partial charge is 0.379 e. The van der Waals surface area contributed by atoms with Crippen molar-refractivity contribution in [3.8, 4) is 0 Å². The number of benzene rings is 1. The van der Waals surface area contributed by atoms with E-state index in [-0.39, 0.29) is 28.6 Å². The highest BCUT2D eigenvalue weighted by atomic mass is 35.5. The quantitative estimate of drug-likeness (QED) is 0.878. The Labute approximate surface area is 122 Å². The third kappa shape index (κ3) is 3.12. The molecule has 8 heteroatoms. The van der Waals surface area contributed by atoms with Crippen LogP contribution >= 0.6 is 11.6 Å². The van der Waals surface area contributed by atoms with E-state index >= 15 is 0 Å². The summed E-state index contributed by atoms with van der Waals surface area (Å²) in [6.07, 6.45) is 0.562. The van der Waals surface area contributed by atoms with Gasteiger partial charge in [0.25, 0.3) is 0 Å². The lowest BCUT2D eigenvalue weighted by Gasteiger charge is -2.23. The zero-order valence-electron chi connectivity index (χ0n) is 10.9. The van der Waals surface area contributed by atoms with Gasteiger partial charge in [-0.05, 0) is 31.0 Å². The van der Waals surface area contributed by atoms with E-state index in [1.54, 1.807) is 6.92 Å². The predicted molar refractivity (Wildman–Crippen MR) is 73.5 cm³/mol. The SMILES string of the molecule is CC1(NS(=O)(=O)c2cc(F)c(Cl)c(CN)c2)CCOC1. The number of sulfonamides is 1. The summed E-state index contributed by atoms with van der Waals surface area (Å²) in [4.78, 5) is -0.187. The standard InChI is InChI=1S/C12H16ClFN2O3S/c1-12(2-3-19-7-12)16-20(17,18)9-4-8(6-15)11(13)10(14)5-9/h4-5,16H,2-3,6-7,15H2,1H3. The molecule has 0 saturated carbocycles. The van der Waals surface area contributed by atoms with E-state index in [0.717, 1.165) is 6.07 Å². The number of nitrogens with two attached hydrogens (primary N) is 1. The molecular formula is C12H16ClFN2O3S. The van der Waals surface area contributed by atoms with Crippen LogP contribution in [-0.4, -0.2) is 27.2 Å². The Hall–Kier alpha value is -0.730. The summed E-state index contributed by atoms with van der Waals surface area (Å²) in [6.45, 7) is 2.47. The van der Waals surface area contributed by atoms with Crippen LogP contribution in [0.15, 0.2) is 17.0 Å². The summed E-state index contributed by atoms with van der Waals surface area (Å²) < 4.78 is 46.0.